The van der Waals surface area contributed by atoms with E-state index in [1.807, 2.05) is 0 Å². The summed E-state index contributed by atoms with van der Waals surface area (Å²) in [6.07, 6.45) is 2.61. The number of carbonyl (C=O) groups is 14. The molecule has 0 saturated carbocycles. The van der Waals surface area contributed by atoms with Crippen molar-refractivity contribution in [2.24, 2.45) is 46.1 Å². The molecule has 0 aliphatic carbocycles. The first-order valence-corrected chi connectivity index (χ1v) is 39.2. The van der Waals surface area contributed by atoms with Crippen molar-refractivity contribution >= 4 is 105 Å². The van der Waals surface area contributed by atoms with Crippen LogP contribution in [0.2, 0.25) is 0 Å². The highest BCUT2D eigenvalue weighted by Crippen LogP contribution is 2.28. The fraction of sp³-hybridized carbons (Fsp3) is 0.605. The molecular weight excluding hydrogens is 1470 g/mol. The number of nitrogens with one attached hydrogen (secondary N) is 14. The van der Waals surface area contributed by atoms with E-state index in [1.165, 1.54) is 58.3 Å². The van der Waals surface area contributed by atoms with Crippen molar-refractivity contribution in [1.82, 2.24) is 83.6 Å². The molecule has 4 aromatic rings. The average Bonchev–Trinajstić information content (AvgIpc) is 1.65. The lowest BCUT2D eigenvalue weighted by Crippen LogP contribution is -2.66. The van der Waals surface area contributed by atoms with E-state index < -0.39 is 216 Å². The predicted octanol–water partition coefficient (Wildman–Crippen LogP) is -5.70. The number of nitrogens with zero attached hydrogens (tertiary/aromatic N) is 2. The summed E-state index contributed by atoms with van der Waals surface area (Å²) in [5.74, 6) is -13.7. The largest absolute Gasteiger partial charge is 0.391 e. The quantitative estimate of drug-likeness (QED) is 0.0413. The van der Waals surface area contributed by atoms with Gasteiger partial charge in [0.05, 0.1) is 6.10 Å². The molecule has 3 aliphatic rings. The van der Waals surface area contributed by atoms with E-state index in [0.717, 1.165) is 0 Å². The van der Waals surface area contributed by atoms with Gasteiger partial charge in [-0.15, -0.1) is 0 Å². The van der Waals surface area contributed by atoms with E-state index in [0.29, 0.717) is 52.2 Å². The molecule has 114 heavy (non-hydrogen) atoms. The maximum Gasteiger partial charge on any atom is 0.247 e. The molecule has 14 amide bonds. The summed E-state index contributed by atoms with van der Waals surface area (Å²) < 4.78 is 0. The van der Waals surface area contributed by atoms with Crippen molar-refractivity contribution in [3.8, 4) is 0 Å². The van der Waals surface area contributed by atoms with Crippen LogP contribution in [0.1, 0.15) is 138 Å². The summed E-state index contributed by atoms with van der Waals surface area (Å²) in [6, 6.07) is -14.4. The Bertz CT molecular complexity index is 4070. The maximum atomic E-state index is 15.1. The Hall–Kier alpha value is -10.2. The summed E-state index contributed by atoms with van der Waals surface area (Å²) in [6.45, 7) is 14.8. The number of hydrogen-bond donors (Lipinski definition) is 22. The molecule has 5 heterocycles. The lowest BCUT2D eigenvalue weighted by Gasteiger charge is -2.34. The topological polar surface area (TPSA) is 624 Å². The van der Waals surface area contributed by atoms with E-state index in [1.54, 1.807) is 81.7 Å². The van der Waals surface area contributed by atoms with Gasteiger partial charge in [0.2, 0.25) is 82.7 Å². The molecule has 3 fully saturated rings. The van der Waals surface area contributed by atoms with Gasteiger partial charge in [0, 0.05) is 96.4 Å². The summed E-state index contributed by atoms with van der Waals surface area (Å²) >= 11 is 0. The number of benzene rings is 2. The molecule has 3 aliphatic heterocycles. The summed E-state index contributed by atoms with van der Waals surface area (Å²) in [5.41, 5.74) is 46.8. The number of aliphatic hydroxyl groups is 1. The lowest BCUT2D eigenvalue weighted by atomic mass is 9.96. The maximum absolute atomic E-state index is 15.1. The minimum absolute atomic E-state index is 0.0247. The Balaban J connectivity index is 1.26. The first-order chi connectivity index (χ1) is 53.9. The Morgan fingerprint density at radius 2 is 0.719 bits per heavy atom. The highest BCUT2D eigenvalue weighted by molar-refractivity contribution is 6.02. The van der Waals surface area contributed by atoms with Crippen LogP contribution in [0.15, 0.2) is 60.9 Å². The molecule has 6 unspecified atom stereocenters. The number of aromatic nitrogens is 2. The Morgan fingerprint density at radius 1 is 0.386 bits per heavy atom. The van der Waals surface area contributed by atoms with Gasteiger partial charge in [-0.1, -0.05) is 63.6 Å². The number of amides is 14. The van der Waals surface area contributed by atoms with Crippen molar-refractivity contribution in [2.75, 3.05) is 19.6 Å². The van der Waals surface area contributed by atoms with Crippen LogP contribution in [-0.4, -0.2) is 254 Å². The number of hydrogen-bond acceptors (Lipinski definition) is 22. The second-order valence-electron chi connectivity index (χ2n) is 30.6. The summed E-state index contributed by atoms with van der Waals surface area (Å²) in [7, 11) is 0. The van der Waals surface area contributed by atoms with E-state index >= 15 is 4.79 Å². The second kappa shape index (κ2) is 41.7. The third-order valence-electron chi connectivity index (χ3n) is 21.2. The van der Waals surface area contributed by atoms with Crippen LogP contribution in [0, 0.1) is 5.92 Å². The molecule has 29 N–H and O–H groups in total. The molecule has 628 valence electrons. The molecule has 0 spiro atoms. The zero-order valence-electron chi connectivity index (χ0n) is 66.5. The Kier molecular flexibility index (Phi) is 33.3. The van der Waals surface area contributed by atoms with Gasteiger partial charge in [-0.05, 0) is 136 Å². The highest BCUT2D eigenvalue weighted by Gasteiger charge is 2.47. The number of nitrogens with two attached hydrogens (primary N) is 7. The molecule has 38 heteroatoms. The van der Waals surface area contributed by atoms with Gasteiger partial charge in [-0.3, -0.25) is 67.1 Å². The monoisotopic (exact) mass is 1590 g/mol. The molecular formula is C76H119N23O15. The van der Waals surface area contributed by atoms with Crippen molar-refractivity contribution in [3.63, 3.8) is 0 Å². The fourth-order valence-electron chi connectivity index (χ4n) is 14.3. The first kappa shape index (κ1) is 91.0. The molecule has 2 aromatic heterocycles. The molecule has 2 aromatic carbocycles. The molecule has 7 rings (SSSR count). The van der Waals surface area contributed by atoms with Gasteiger partial charge >= 0.3 is 0 Å². The Labute approximate surface area is 662 Å². The van der Waals surface area contributed by atoms with Gasteiger partial charge < -0.3 is 129 Å². The van der Waals surface area contributed by atoms with E-state index in [9.17, 15) is 67.4 Å². The standard InChI is InChI=1S/C76H119N23O15/c1-11-35(3)55-68(106)93-57(37(5)79)70(108)87-50(25-17-18-28-77)64(102)91-59(39(7)81)72(110)95-58(38(6)80)71(109)88-52(32-44-34-85-49-24-16-14-22-46(44)49)66(104)92-60(40(8)82)73(111)94-56(36(4)78)69(107)86-47(12-2)63(101)96-61(41(9)83)76(114)99-30-20-27-54(99)75(113)98-29-19-26-53(98)67(105)97-62(42(10)100)74(112)89-51(65(103)90-55)31-43-33-84-48-23-15-13-21-45(43)48/h13-16,21-24,33-42,47,50-62,84-85,100H,11-12,17-20,25-32,77-83H2,1-10H3,(H,86,107)(H,87,108)(H,88,109)(H,89,112)(H,90,103)(H,91,102)(H,92,104)(H,93,106)(H,94,111)(H,95,110)(H,96,101)(H,97,105)/t35-,36?,37?,38?,39?,40?,41?,42+,47-,50-,51-,52-,53-,54+,55-,56-,57-,58-,59-,60-,61-,62-/m0/s1. The van der Waals surface area contributed by atoms with Crippen LogP contribution in [0.5, 0.6) is 0 Å². The number of carbonyl (C=O) groups excluding carboxylic acids is 14. The van der Waals surface area contributed by atoms with Crippen molar-refractivity contribution in [3.05, 3.63) is 72.1 Å². The second-order valence-corrected chi connectivity index (χ2v) is 30.6. The normalized spacial score (nSPS) is 28.4. The molecule has 0 radical (unpaired) electrons. The number of unbranched alkanes of at least 4 members (excludes halogenated alkanes) is 1. The lowest BCUT2D eigenvalue weighted by molar-refractivity contribution is -0.148. The highest BCUT2D eigenvalue weighted by atomic mass is 16.3. The molecule has 0 bridgehead atoms. The number of aliphatic hydroxyl groups excluding tert-OH is 1. The third kappa shape index (κ3) is 23.3. The van der Waals surface area contributed by atoms with Crippen LogP contribution in [0.25, 0.3) is 21.8 Å². The van der Waals surface area contributed by atoms with Crippen LogP contribution >= 0.6 is 0 Å². The van der Waals surface area contributed by atoms with Gasteiger partial charge in [0.15, 0.2) is 0 Å². The van der Waals surface area contributed by atoms with E-state index in [2.05, 4.69) is 73.8 Å². The zero-order chi connectivity index (χ0) is 84.3. The van der Waals surface area contributed by atoms with Gasteiger partial charge in [-0.2, -0.15) is 0 Å². The minimum atomic E-state index is -1.77. The minimum Gasteiger partial charge on any atom is -0.391 e. The number of aromatic amines is 2. The molecule has 3 saturated heterocycles. The van der Waals surface area contributed by atoms with Gasteiger partial charge in [0.25, 0.3) is 0 Å². The number of rotatable bonds is 18. The Morgan fingerprint density at radius 3 is 1.13 bits per heavy atom. The summed E-state index contributed by atoms with van der Waals surface area (Å²) in [4.78, 5) is 215. The van der Waals surface area contributed by atoms with Crippen molar-refractivity contribution in [2.45, 2.75) is 267 Å². The molecule has 38 nitrogen and oxygen atoms in total. The van der Waals surface area contributed by atoms with Gasteiger partial charge in [0.1, 0.15) is 84.6 Å². The van der Waals surface area contributed by atoms with Crippen LogP contribution in [0.3, 0.4) is 0 Å². The van der Waals surface area contributed by atoms with Crippen LogP contribution < -0.4 is 104 Å². The van der Waals surface area contributed by atoms with Crippen LogP contribution in [0.4, 0.5) is 0 Å². The first-order valence-electron chi connectivity index (χ1n) is 39.2. The average molecular weight is 1590 g/mol. The van der Waals surface area contributed by atoms with E-state index in [-0.39, 0.29) is 71.0 Å². The fourth-order valence-corrected chi connectivity index (χ4v) is 14.3. The number of para-hydroxylation sites is 2. The van der Waals surface area contributed by atoms with Gasteiger partial charge in [-0.25, -0.2) is 0 Å². The molecule has 22 atom stereocenters. The predicted molar refractivity (Wildman–Crippen MR) is 423 cm³/mol. The summed E-state index contributed by atoms with van der Waals surface area (Å²) in [5, 5.41) is 44.1. The van der Waals surface area contributed by atoms with Crippen LogP contribution in [-0.2, 0) is 80.0 Å². The van der Waals surface area contributed by atoms with Crippen molar-refractivity contribution < 1.29 is 72.2 Å². The smallest absolute Gasteiger partial charge is 0.247 e. The van der Waals surface area contributed by atoms with E-state index in [4.69, 9.17) is 40.1 Å². The third-order valence-corrected chi connectivity index (χ3v) is 21.2. The number of H-pyrrole nitrogens is 2. The number of fused-ring (bicyclic) bond motifs is 4. The SMILES string of the molecule is CC[C@@H]1NC(=O)[C@H](C(C)N)NC(=O)[C@H](C(C)N)NC(=O)[C@H](Cc2c[nH]c3ccccc23)NC(=O)[C@H](C(C)N)NC(=O)[C@H](C(C)N)NC(=O)[C@H](CCCCN)NC(=O)[C@H](C(C)N)NC(=O)[C@H]([C@@H](C)CC)NC(=O)[C@H](Cc2c[nH]c3ccccc23)NC(=O)[C@H]([C@@H](C)O)NC(=O)[C@@H]2CCCN2C(=O)[C@H]2CCCN2C(=O)[C@H](C(C)N)NC1=O. The zero-order valence-corrected chi connectivity index (χ0v) is 66.5. The van der Waals surface area contributed by atoms with Crippen molar-refractivity contribution in [1.29, 1.82) is 0 Å².